The molecule has 0 heterocycles. The van der Waals surface area contributed by atoms with Crippen molar-refractivity contribution in [1.29, 1.82) is 0 Å². The molecule has 1 fully saturated rings. The van der Waals surface area contributed by atoms with Crippen molar-refractivity contribution in [2.24, 2.45) is 5.73 Å². The predicted molar refractivity (Wildman–Crippen MR) is 62.5 cm³/mol. The molecule has 0 amide bonds. The van der Waals surface area contributed by atoms with Crippen LogP contribution in [-0.4, -0.2) is 31.3 Å². The Labute approximate surface area is 92.8 Å². The molecule has 0 spiro atoms. The maximum atomic E-state index is 5.79. The van der Waals surface area contributed by atoms with Gasteiger partial charge in [-0.15, -0.1) is 11.8 Å². The fourth-order valence-corrected chi connectivity index (χ4v) is 2.06. The third-order valence-electron chi connectivity index (χ3n) is 2.96. The first-order chi connectivity index (χ1) is 7.26. The molecule has 0 bridgehead atoms. The minimum Gasteiger partial charge on any atom is -0.378 e. The van der Waals surface area contributed by atoms with Crippen LogP contribution in [0.25, 0.3) is 0 Å². The number of hydrogen-bond acceptors (Lipinski definition) is 3. The molecule has 0 aromatic heterocycles. The van der Waals surface area contributed by atoms with Crippen molar-refractivity contribution < 1.29 is 4.74 Å². The molecule has 0 aromatic carbocycles. The van der Waals surface area contributed by atoms with E-state index in [0.717, 1.165) is 32.4 Å². The van der Waals surface area contributed by atoms with Gasteiger partial charge in [-0.25, -0.2) is 0 Å². The Balaban J connectivity index is 2.21. The molecule has 3 heteroatoms. The van der Waals surface area contributed by atoms with Crippen LogP contribution in [-0.2, 0) is 4.74 Å². The van der Waals surface area contributed by atoms with Crippen LogP contribution < -0.4 is 11.1 Å². The van der Waals surface area contributed by atoms with Gasteiger partial charge in [0.1, 0.15) is 0 Å². The van der Waals surface area contributed by atoms with E-state index in [1.165, 1.54) is 0 Å². The first kappa shape index (κ1) is 12.5. The second-order valence-electron chi connectivity index (χ2n) is 4.07. The van der Waals surface area contributed by atoms with Gasteiger partial charge in [-0.1, -0.05) is 0 Å². The smallest absolute Gasteiger partial charge is 0.0611 e. The number of nitrogens with two attached hydrogens (primary N) is 1. The molecule has 0 radical (unpaired) electrons. The normalized spacial score (nSPS) is 29.1. The van der Waals surface area contributed by atoms with Crippen LogP contribution in [0.1, 0.15) is 33.1 Å². The van der Waals surface area contributed by atoms with E-state index in [0.29, 0.717) is 12.6 Å². The van der Waals surface area contributed by atoms with E-state index in [1.54, 1.807) is 0 Å². The highest BCUT2D eigenvalue weighted by atomic mass is 16.5. The summed E-state index contributed by atoms with van der Waals surface area (Å²) < 4.78 is 5.54. The Morgan fingerprint density at radius 2 is 2.27 bits per heavy atom. The lowest BCUT2D eigenvalue weighted by molar-refractivity contribution is -0.0471. The molecule has 1 aliphatic rings. The van der Waals surface area contributed by atoms with Crippen LogP contribution in [0.4, 0.5) is 0 Å². The molecule has 86 valence electrons. The average Bonchev–Trinajstić information content (AvgIpc) is 2.20. The third-order valence-corrected chi connectivity index (χ3v) is 2.96. The molecule has 0 aromatic rings. The fraction of sp³-hybridized carbons (Fsp3) is 0.833. The van der Waals surface area contributed by atoms with Crippen molar-refractivity contribution in [3.8, 4) is 11.8 Å². The van der Waals surface area contributed by atoms with Gasteiger partial charge in [0.05, 0.1) is 6.10 Å². The van der Waals surface area contributed by atoms with Crippen LogP contribution in [0.5, 0.6) is 0 Å². The van der Waals surface area contributed by atoms with Crippen LogP contribution in [0.2, 0.25) is 0 Å². The fourth-order valence-electron chi connectivity index (χ4n) is 2.06. The summed E-state index contributed by atoms with van der Waals surface area (Å²) in [5.74, 6) is 5.94. The number of ether oxygens (including phenoxy) is 1. The van der Waals surface area contributed by atoms with Gasteiger partial charge in [-0.3, -0.25) is 0 Å². The van der Waals surface area contributed by atoms with E-state index in [9.17, 15) is 0 Å². The third kappa shape index (κ3) is 3.49. The number of nitrogens with one attached hydrogen (secondary N) is 1. The zero-order chi connectivity index (χ0) is 11.1. The molecule has 3 N–H and O–H groups in total. The predicted octanol–water partition coefficient (Wildman–Crippen LogP) is 0.886. The topological polar surface area (TPSA) is 47.3 Å². The van der Waals surface area contributed by atoms with E-state index >= 15 is 0 Å². The summed E-state index contributed by atoms with van der Waals surface area (Å²) in [4.78, 5) is 0. The number of rotatable bonds is 6. The summed E-state index contributed by atoms with van der Waals surface area (Å²) in [5, 5.41) is 3.50. The zero-order valence-electron chi connectivity index (χ0n) is 9.81. The molecule has 3 nitrogen and oxygen atoms in total. The first-order valence-electron chi connectivity index (χ1n) is 5.72. The molecule has 0 unspecified atom stereocenters. The second-order valence-corrected chi connectivity index (χ2v) is 4.07. The highest BCUT2D eigenvalue weighted by molar-refractivity contribution is 5.04. The largest absolute Gasteiger partial charge is 0.378 e. The molecule has 1 rings (SSSR count). The molecule has 0 atom stereocenters. The molecular weight excluding hydrogens is 188 g/mol. The maximum absolute atomic E-state index is 5.79. The highest BCUT2D eigenvalue weighted by Gasteiger charge is 2.43. The maximum Gasteiger partial charge on any atom is 0.0611 e. The Bertz CT molecular complexity index is 236. The molecule has 15 heavy (non-hydrogen) atoms. The van der Waals surface area contributed by atoms with E-state index in [-0.39, 0.29) is 5.54 Å². The van der Waals surface area contributed by atoms with Gasteiger partial charge in [0.25, 0.3) is 0 Å². The van der Waals surface area contributed by atoms with Gasteiger partial charge < -0.3 is 15.8 Å². The summed E-state index contributed by atoms with van der Waals surface area (Å²) in [6, 6.07) is 0. The molecular formula is C12H22N2O. The summed E-state index contributed by atoms with van der Waals surface area (Å²) in [6.07, 6.45) is 3.38. The van der Waals surface area contributed by atoms with Crippen LogP contribution in [0.3, 0.4) is 0 Å². The zero-order valence-corrected chi connectivity index (χ0v) is 9.81. The van der Waals surface area contributed by atoms with E-state index < -0.39 is 0 Å². The molecule has 1 saturated carbocycles. The van der Waals surface area contributed by atoms with E-state index in [1.807, 2.05) is 13.8 Å². The minimum atomic E-state index is 0.120. The summed E-state index contributed by atoms with van der Waals surface area (Å²) in [6.45, 7) is 6.32. The molecule has 1 aliphatic carbocycles. The monoisotopic (exact) mass is 210 g/mol. The summed E-state index contributed by atoms with van der Waals surface area (Å²) in [7, 11) is 0. The van der Waals surface area contributed by atoms with Crippen molar-refractivity contribution in [1.82, 2.24) is 5.32 Å². The van der Waals surface area contributed by atoms with Crippen molar-refractivity contribution in [2.45, 2.75) is 44.8 Å². The lowest BCUT2D eigenvalue weighted by atomic mass is 9.74. The van der Waals surface area contributed by atoms with Crippen molar-refractivity contribution in [3.63, 3.8) is 0 Å². The summed E-state index contributed by atoms with van der Waals surface area (Å²) >= 11 is 0. The van der Waals surface area contributed by atoms with Gasteiger partial charge >= 0.3 is 0 Å². The van der Waals surface area contributed by atoms with E-state index in [4.69, 9.17) is 10.5 Å². The second kappa shape index (κ2) is 6.12. The Morgan fingerprint density at radius 1 is 1.53 bits per heavy atom. The van der Waals surface area contributed by atoms with Gasteiger partial charge in [-0.05, 0) is 26.7 Å². The minimum absolute atomic E-state index is 0.120. The lowest BCUT2D eigenvalue weighted by Gasteiger charge is -2.47. The highest BCUT2D eigenvalue weighted by Crippen LogP contribution is 2.33. The molecule has 0 saturated heterocycles. The Hall–Kier alpha value is -0.560. The average molecular weight is 210 g/mol. The Morgan fingerprint density at radius 3 is 2.80 bits per heavy atom. The lowest BCUT2D eigenvalue weighted by Crippen LogP contribution is -2.62. The van der Waals surface area contributed by atoms with Crippen LogP contribution >= 0.6 is 0 Å². The van der Waals surface area contributed by atoms with Gasteiger partial charge in [0.2, 0.25) is 0 Å². The van der Waals surface area contributed by atoms with Crippen molar-refractivity contribution in [3.05, 3.63) is 0 Å². The van der Waals surface area contributed by atoms with Crippen molar-refractivity contribution in [2.75, 3.05) is 19.7 Å². The quantitative estimate of drug-likeness (QED) is 0.505. The van der Waals surface area contributed by atoms with Crippen LogP contribution in [0, 0.1) is 11.8 Å². The van der Waals surface area contributed by atoms with Crippen molar-refractivity contribution >= 4 is 0 Å². The summed E-state index contributed by atoms with van der Waals surface area (Å²) in [5.41, 5.74) is 5.91. The van der Waals surface area contributed by atoms with Gasteiger partial charge in [0.15, 0.2) is 0 Å². The Kier molecular flexibility index (Phi) is 5.10. The first-order valence-corrected chi connectivity index (χ1v) is 5.72. The van der Waals surface area contributed by atoms with Gasteiger partial charge in [0, 0.05) is 31.7 Å². The van der Waals surface area contributed by atoms with Crippen LogP contribution in [0.15, 0.2) is 0 Å². The van der Waals surface area contributed by atoms with E-state index in [2.05, 4.69) is 17.2 Å². The SMILES string of the molecule is CC#CCCNC1(CN)CC(OCC)C1. The molecule has 0 aliphatic heterocycles. The number of hydrogen-bond donors (Lipinski definition) is 2. The van der Waals surface area contributed by atoms with Gasteiger partial charge in [-0.2, -0.15) is 0 Å². The standard InChI is InChI=1S/C12H22N2O/c1-3-5-6-7-14-12(10-13)8-11(9-12)15-4-2/h11,14H,4,6-10,13H2,1-2H3.